The summed E-state index contributed by atoms with van der Waals surface area (Å²) in [6.45, 7) is 1.99. The molecule has 23 heavy (non-hydrogen) atoms. The van der Waals surface area contributed by atoms with E-state index >= 15 is 0 Å². The summed E-state index contributed by atoms with van der Waals surface area (Å²) < 4.78 is 0. The first-order chi connectivity index (χ1) is 11.1. The second-order valence-electron chi connectivity index (χ2n) is 5.77. The Balaban J connectivity index is 2.02. The average molecular weight is 304 g/mol. The Morgan fingerprint density at radius 3 is 2.22 bits per heavy atom. The van der Waals surface area contributed by atoms with Crippen LogP contribution in [0.2, 0.25) is 0 Å². The molecule has 4 N–H and O–H groups in total. The van der Waals surface area contributed by atoms with E-state index in [1.165, 1.54) is 0 Å². The van der Waals surface area contributed by atoms with Gasteiger partial charge in [0.25, 0.3) is 0 Å². The molecule has 1 atom stereocenters. The number of azo groups is 1. The molecule has 0 saturated carbocycles. The lowest BCUT2D eigenvalue weighted by Gasteiger charge is -2.31. The van der Waals surface area contributed by atoms with Gasteiger partial charge in [0.15, 0.2) is 5.66 Å². The van der Waals surface area contributed by atoms with Crippen LogP contribution in [0.3, 0.4) is 0 Å². The van der Waals surface area contributed by atoms with Gasteiger partial charge in [0.05, 0.1) is 5.69 Å². The highest BCUT2D eigenvalue weighted by molar-refractivity contribution is 5.77. The molecule has 1 aliphatic rings. The lowest BCUT2D eigenvalue weighted by Crippen LogP contribution is -2.42. The number of nitrogens with two attached hydrogens (primary N) is 2. The molecule has 4 heteroatoms. The van der Waals surface area contributed by atoms with Crippen molar-refractivity contribution in [1.82, 2.24) is 0 Å². The van der Waals surface area contributed by atoms with Gasteiger partial charge in [-0.2, -0.15) is 10.2 Å². The molecule has 0 aliphatic heterocycles. The molecule has 4 nitrogen and oxygen atoms in total. The Bertz CT molecular complexity index is 776. The second kappa shape index (κ2) is 6.18. The van der Waals surface area contributed by atoms with Crippen LogP contribution in [0.1, 0.15) is 18.9 Å². The van der Waals surface area contributed by atoms with Gasteiger partial charge in [-0.1, -0.05) is 48.5 Å². The summed E-state index contributed by atoms with van der Waals surface area (Å²) in [5, 5.41) is 8.77. The van der Waals surface area contributed by atoms with Crippen LogP contribution in [0.25, 0.3) is 5.57 Å². The van der Waals surface area contributed by atoms with Crippen LogP contribution in [0.5, 0.6) is 0 Å². The van der Waals surface area contributed by atoms with Crippen molar-refractivity contribution in [3.8, 4) is 0 Å². The Kier molecular flexibility index (Phi) is 4.08. The van der Waals surface area contributed by atoms with Crippen LogP contribution < -0.4 is 11.5 Å². The first-order valence-corrected chi connectivity index (χ1v) is 7.58. The second-order valence-corrected chi connectivity index (χ2v) is 5.77. The summed E-state index contributed by atoms with van der Waals surface area (Å²) >= 11 is 0. The van der Waals surface area contributed by atoms with Crippen molar-refractivity contribution in [3.63, 3.8) is 0 Å². The molecule has 0 fully saturated rings. The van der Waals surface area contributed by atoms with E-state index in [1.807, 2.05) is 73.7 Å². The normalized spacial score (nSPS) is 21.6. The van der Waals surface area contributed by atoms with Crippen LogP contribution in [-0.4, -0.2) is 5.66 Å². The zero-order chi connectivity index (χ0) is 16.3. The minimum atomic E-state index is -0.958. The van der Waals surface area contributed by atoms with E-state index in [2.05, 4.69) is 10.2 Å². The van der Waals surface area contributed by atoms with Crippen molar-refractivity contribution < 1.29 is 0 Å². The third kappa shape index (κ3) is 3.22. The van der Waals surface area contributed by atoms with Gasteiger partial charge in [0.1, 0.15) is 0 Å². The molecule has 0 aromatic heterocycles. The molecular weight excluding hydrogens is 284 g/mol. The summed E-state index contributed by atoms with van der Waals surface area (Å²) in [7, 11) is 0. The summed E-state index contributed by atoms with van der Waals surface area (Å²) in [5.41, 5.74) is 16.3. The number of benzene rings is 2. The van der Waals surface area contributed by atoms with Crippen LogP contribution >= 0.6 is 0 Å². The van der Waals surface area contributed by atoms with E-state index in [0.29, 0.717) is 6.42 Å². The molecule has 0 amide bonds. The smallest absolute Gasteiger partial charge is 0.161 e. The van der Waals surface area contributed by atoms with Crippen molar-refractivity contribution in [3.05, 3.63) is 83.6 Å². The maximum Gasteiger partial charge on any atom is 0.161 e. The highest BCUT2D eigenvalue weighted by Gasteiger charge is 2.34. The largest absolute Gasteiger partial charge is 0.402 e. The predicted octanol–water partition coefficient (Wildman–Crippen LogP) is 4.15. The van der Waals surface area contributed by atoms with E-state index in [4.69, 9.17) is 11.5 Å². The number of hydrogen-bond donors (Lipinski definition) is 2. The maximum absolute atomic E-state index is 6.59. The van der Waals surface area contributed by atoms with Gasteiger partial charge < -0.3 is 11.5 Å². The lowest BCUT2D eigenvalue weighted by molar-refractivity contribution is 0.531. The first kappa shape index (κ1) is 15.2. The van der Waals surface area contributed by atoms with Gasteiger partial charge in [-0.25, -0.2) is 0 Å². The van der Waals surface area contributed by atoms with Crippen molar-refractivity contribution in [2.45, 2.75) is 19.0 Å². The molecule has 2 aromatic rings. The molecule has 116 valence electrons. The van der Waals surface area contributed by atoms with Gasteiger partial charge in [-0.3, -0.25) is 0 Å². The van der Waals surface area contributed by atoms with E-state index in [1.54, 1.807) is 0 Å². The number of hydrogen-bond acceptors (Lipinski definition) is 4. The summed E-state index contributed by atoms with van der Waals surface area (Å²) in [5.74, 6) is 0. The lowest BCUT2D eigenvalue weighted by atomic mass is 9.84. The fourth-order valence-corrected chi connectivity index (χ4v) is 2.64. The van der Waals surface area contributed by atoms with Crippen LogP contribution in [-0.2, 0) is 0 Å². The molecule has 2 aromatic carbocycles. The fraction of sp³-hybridized carbons (Fsp3) is 0.158. The maximum atomic E-state index is 6.59. The summed E-state index contributed by atoms with van der Waals surface area (Å²) in [6.07, 6.45) is 2.47. The zero-order valence-corrected chi connectivity index (χ0v) is 13.1. The molecule has 0 spiro atoms. The molecule has 0 radical (unpaired) electrons. The minimum Gasteiger partial charge on any atom is -0.402 e. The Morgan fingerprint density at radius 2 is 1.57 bits per heavy atom. The third-order valence-electron chi connectivity index (χ3n) is 3.98. The molecule has 0 bridgehead atoms. The van der Waals surface area contributed by atoms with Crippen molar-refractivity contribution >= 4 is 11.3 Å². The van der Waals surface area contributed by atoms with E-state index < -0.39 is 5.66 Å². The van der Waals surface area contributed by atoms with Crippen LogP contribution in [0.4, 0.5) is 5.69 Å². The molecule has 1 unspecified atom stereocenters. The highest BCUT2D eigenvalue weighted by atomic mass is 15.2. The molecule has 1 aliphatic carbocycles. The van der Waals surface area contributed by atoms with Gasteiger partial charge in [0, 0.05) is 17.7 Å². The van der Waals surface area contributed by atoms with Crippen molar-refractivity contribution in [1.29, 1.82) is 0 Å². The van der Waals surface area contributed by atoms with Gasteiger partial charge >= 0.3 is 0 Å². The van der Waals surface area contributed by atoms with E-state index in [0.717, 1.165) is 28.1 Å². The fourth-order valence-electron chi connectivity index (χ4n) is 2.64. The molecular formula is C19H20N4. The number of rotatable bonds is 3. The van der Waals surface area contributed by atoms with Gasteiger partial charge in [-0.15, -0.1) is 0 Å². The van der Waals surface area contributed by atoms with E-state index in [9.17, 15) is 0 Å². The third-order valence-corrected chi connectivity index (χ3v) is 3.98. The number of nitrogens with zero attached hydrogens (tertiary/aromatic N) is 2. The van der Waals surface area contributed by atoms with Crippen LogP contribution in [0, 0.1) is 0 Å². The first-order valence-electron chi connectivity index (χ1n) is 7.58. The summed E-state index contributed by atoms with van der Waals surface area (Å²) in [6, 6.07) is 19.6. The van der Waals surface area contributed by atoms with Crippen molar-refractivity contribution in [2.24, 2.45) is 21.7 Å². The molecule has 0 heterocycles. The zero-order valence-electron chi connectivity index (χ0n) is 13.1. The highest BCUT2D eigenvalue weighted by Crippen LogP contribution is 2.37. The Labute approximate surface area is 136 Å². The topological polar surface area (TPSA) is 76.8 Å². The monoisotopic (exact) mass is 304 g/mol. The molecule has 0 saturated heterocycles. The van der Waals surface area contributed by atoms with Crippen LogP contribution in [0.15, 0.2) is 88.2 Å². The standard InChI is InChI=1S/C19H20N4/c1-14-12-17(15-8-4-2-5-9-15)19(21,13-18(14)20)23-22-16-10-6-3-7-11-16/h2-12H,13,20-21H2,1H3. The van der Waals surface area contributed by atoms with Gasteiger partial charge in [-0.05, 0) is 36.3 Å². The summed E-state index contributed by atoms with van der Waals surface area (Å²) in [4.78, 5) is 0. The van der Waals surface area contributed by atoms with Gasteiger partial charge in [0.2, 0.25) is 0 Å². The average Bonchev–Trinajstić information content (AvgIpc) is 2.58. The Hall–Kier alpha value is -2.72. The Morgan fingerprint density at radius 1 is 0.957 bits per heavy atom. The van der Waals surface area contributed by atoms with E-state index in [-0.39, 0.29) is 0 Å². The predicted molar refractivity (Wildman–Crippen MR) is 93.8 cm³/mol. The van der Waals surface area contributed by atoms with Crippen molar-refractivity contribution in [2.75, 3.05) is 0 Å². The number of allylic oxidation sites excluding steroid dienone is 2. The SMILES string of the molecule is CC1=C(N)CC(N)(N=Nc2ccccc2)C(c2ccccc2)=C1. The molecule has 3 rings (SSSR count). The quantitative estimate of drug-likeness (QED) is 0.836. The minimum absolute atomic E-state index is 0.454.